The lowest BCUT2D eigenvalue weighted by molar-refractivity contribution is 0.508. The number of hydrogen-bond donors (Lipinski definition) is 0. The first kappa shape index (κ1) is 28.5. The number of rotatable bonds is 9. The molecule has 0 atom stereocenters. The number of aryl methyl sites for hydroxylation is 1. The minimum absolute atomic E-state index is 0.126. The summed E-state index contributed by atoms with van der Waals surface area (Å²) in [5, 5.41) is 0. The lowest BCUT2D eigenvalue weighted by atomic mass is 10.2. The highest BCUT2D eigenvalue weighted by atomic mass is 32.3. The van der Waals surface area contributed by atoms with E-state index in [-0.39, 0.29) is 4.90 Å². The third kappa shape index (κ3) is 5.93. The number of hydrogen-bond acceptors (Lipinski definition) is 6. The second-order valence-electron chi connectivity index (χ2n) is 10.1. The fraction of sp³-hybridized carbons (Fsp3) is 0.226. The SMILES string of the molecule is Cc1ccc(S(=O)(=O)OS(c2cccc(N(C)C)c2)(c2cccc(N(C)C)c2)c2cccc(N(C)C)c2)cc1. The van der Waals surface area contributed by atoms with Gasteiger partial charge < -0.3 is 14.7 Å². The van der Waals surface area contributed by atoms with Crippen LogP contribution in [0.15, 0.2) is 117 Å². The first-order chi connectivity index (χ1) is 18.4. The van der Waals surface area contributed by atoms with E-state index in [2.05, 4.69) is 0 Å². The molecular weight excluding hydrogens is 526 g/mol. The molecule has 0 spiro atoms. The molecule has 4 aromatic carbocycles. The number of anilines is 3. The van der Waals surface area contributed by atoms with Crippen molar-refractivity contribution in [3.05, 3.63) is 103 Å². The summed E-state index contributed by atoms with van der Waals surface area (Å²) in [6, 6.07) is 30.7. The van der Waals surface area contributed by atoms with Crippen LogP contribution in [0.1, 0.15) is 5.56 Å². The Morgan fingerprint density at radius 1 is 0.513 bits per heavy atom. The van der Waals surface area contributed by atoms with Crippen LogP contribution >= 0.6 is 10.3 Å². The van der Waals surface area contributed by atoms with E-state index in [0.29, 0.717) is 0 Å². The summed E-state index contributed by atoms with van der Waals surface area (Å²) in [6.45, 7) is 1.93. The summed E-state index contributed by atoms with van der Waals surface area (Å²) < 4.78 is 34.8. The van der Waals surface area contributed by atoms with E-state index >= 15 is 0 Å². The Kier molecular flexibility index (Phi) is 8.30. The van der Waals surface area contributed by atoms with Gasteiger partial charge in [0.05, 0.1) is 4.90 Å². The zero-order valence-electron chi connectivity index (χ0n) is 23.6. The van der Waals surface area contributed by atoms with Crippen molar-refractivity contribution in [3.8, 4) is 0 Å². The van der Waals surface area contributed by atoms with Gasteiger partial charge in [0.2, 0.25) is 0 Å². The standard InChI is InChI=1S/C31H37N3O3S2/c1-24-17-19-28(20-18-24)39(35,36)37-38(29-14-8-11-25(21-29)32(2)3,30-15-9-12-26(22-30)33(4)5)31-16-10-13-27(23-31)34(6)7/h8-23H,1-7H3. The van der Waals surface area contributed by atoms with Gasteiger partial charge in [-0.05, 0) is 84.0 Å². The van der Waals surface area contributed by atoms with Gasteiger partial charge in [-0.2, -0.15) is 8.42 Å². The van der Waals surface area contributed by atoms with Crippen LogP contribution in [0.25, 0.3) is 0 Å². The summed E-state index contributed by atoms with van der Waals surface area (Å²) in [4.78, 5) is 8.52. The molecule has 4 rings (SSSR count). The zero-order chi connectivity index (χ0) is 28.4. The summed E-state index contributed by atoms with van der Waals surface area (Å²) in [5.74, 6) is 0. The molecule has 6 nitrogen and oxygen atoms in total. The van der Waals surface area contributed by atoms with Crippen LogP contribution in [0.5, 0.6) is 0 Å². The van der Waals surface area contributed by atoms with Crippen LogP contribution in [0.3, 0.4) is 0 Å². The molecule has 0 saturated carbocycles. The van der Waals surface area contributed by atoms with Gasteiger partial charge in [-0.25, -0.2) is 3.63 Å². The molecule has 0 unspecified atom stereocenters. The largest absolute Gasteiger partial charge is 0.378 e. The Bertz CT molecular complexity index is 1420. The van der Waals surface area contributed by atoms with Gasteiger partial charge in [0.15, 0.2) is 0 Å². The molecule has 0 aliphatic rings. The summed E-state index contributed by atoms with van der Waals surface area (Å²) in [5.41, 5.74) is 3.83. The van der Waals surface area contributed by atoms with Gasteiger partial charge in [0.25, 0.3) is 0 Å². The lowest BCUT2D eigenvalue weighted by Gasteiger charge is -2.40. The van der Waals surface area contributed by atoms with Crippen LogP contribution in [0.4, 0.5) is 17.1 Å². The van der Waals surface area contributed by atoms with E-state index in [1.165, 1.54) is 0 Å². The highest BCUT2D eigenvalue weighted by molar-refractivity contribution is 8.33. The third-order valence-corrected chi connectivity index (χ3v) is 11.6. The monoisotopic (exact) mass is 563 g/mol. The highest BCUT2D eigenvalue weighted by Crippen LogP contribution is 2.71. The molecule has 0 amide bonds. The molecule has 0 aliphatic carbocycles. The van der Waals surface area contributed by atoms with Gasteiger partial charge in [0, 0.05) is 74.0 Å². The van der Waals surface area contributed by atoms with E-state index in [0.717, 1.165) is 37.3 Å². The molecule has 4 aromatic rings. The molecule has 0 heterocycles. The fourth-order valence-electron chi connectivity index (χ4n) is 4.23. The minimum Gasteiger partial charge on any atom is -0.378 e. The molecule has 0 fully saturated rings. The van der Waals surface area contributed by atoms with E-state index in [1.54, 1.807) is 24.3 Å². The molecule has 0 saturated heterocycles. The van der Waals surface area contributed by atoms with Crippen LogP contribution < -0.4 is 14.7 Å². The molecule has 0 aliphatic heterocycles. The van der Waals surface area contributed by atoms with Crippen molar-refractivity contribution in [2.45, 2.75) is 26.5 Å². The van der Waals surface area contributed by atoms with Gasteiger partial charge >= 0.3 is 10.1 Å². The Hall–Kier alpha value is -3.46. The fourth-order valence-corrected chi connectivity index (χ4v) is 9.51. The maximum Gasteiger partial charge on any atom is 0.307 e. The predicted octanol–water partition coefficient (Wildman–Crippen LogP) is 6.80. The molecule has 0 radical (unpaired) electrons. The molecule has 0 bridgehead atoms. The Morgan fingerprint density at radius 3 is 1.21 bits per heavy atom. The van der Waals surface area contributed by atoms with Crippen molar-refractivity contribution in [1.29, 1.82) is 0 Å². The minimum atomic E-state index is -4.18. The Morgan fingerprint density at radius 2 is 0.872 bits per heavy atom. The normalized spacial score (nSPS) is 12.2. The van der Waals surface area contributed by atoms with Crippen molar-refractivity contribution in [3.63, 3.8) is 0 Å². The van der Waals surface area contributed by atoms with Crippen molar-refractivity contribution in [2.75, 3.05) is 57.0 Å². The molecule has 8 heteroatoms. The van der Waals surface area contributed by atoms with Crippen molar-refractivity contribution >= 4 is 37.5 Å². The maximum atomic E-state index is 14.1. The molecular formula is C31H37N3O3S2. The average molecular weight is 564 g/mol. The first-order valence-electron chi connectivity index (χ1n) is 12.6. The van der Waals surface area contributed by atoms with E-state index < -0.39 is 20.4 Å². The van der Waals surface area contributed by atoms with Gasteiger partial charge in [-0.15, -0.1) is 0 Å². The van der Waals surface area contributed by atoms with Gasteiger partial charge in [0.1, 0.15) is 0 Å². The molecule has 206 valence electrons. The van der Waals surface area contributed by atoms with Crippen LogP contribution in [-0.4, -0.2) is 50.7 Å². The van der Waals surface area contributed by atoms with Gasteiger partial charge in [-0.3, -0.25) is 0 Å². The Labute approximate surface area is 235 Å². The molecule has 0 aromatic heterocycles. The smallest absolute Gasteiger partial charge is 0.307 e. The van der Waals surface area contributed by atoms with Crippen LogP contribution in [0.2, 0.25) is 0 Å². The van der Waals surface area contributed by atoms with E-state index in [9.17, 15) is 8.42 Å². The van der Waals surface area contributed by atoms with Crippen LogP contribution in [0, 0.1) is 6.92 Å². The predicted molar refractivity (Wildman–Crippen MR) is 164 cm³/mol. The second kappa shape index (κ2) is 11.3. The van der Waals surface area contributed by atoms with E-state index in [1.807, 2.05) is 137 Å². The molecule has 39 heavy (non-hydrogen) atoms. The average Bonchev–Trinajstić information content (AvgIpc) is 2.92. The summed E-state index contributed by atoms with van der Waals surface area (Å²) in [7, 11) is 4.86. The quantitative estimate of drug-likeness (QED) is 0.223. The third-order valence-electron chi connectivity index (χ3n) is 6.50. The maximum absolute atomic E-state index is 14.1. The van der Waals surface area contributed by atoms with Crippen molar-refractivity contribution < 1.29 is 12.0 Å². The van der Waals surface area contributed by atoms with Crippen molar-refractivity contribution in [1.82, 2.24) is 0 Å². The number of benzene rings is 4. The van der Waals surface area contributed by atoms with Gasteiger partial charge in [-0.1, -0.05) is 35.9 Å². The first-order valence-corrected chi connectivity index (χ1v) is 15.6. The zero-order valence-corrected chi connectivity index (χ0v) is 25.3. The number of nitrogens with zero attached hydrogens (tertiary/aromatic N) is 3. The lowest BCUT2D eigenvalue weighted by Crippen LogP contribution is -2.17. The second-order valence-corrected chi connectivity index (χ2v) is 14.5. The highest BCUT2D eigenvalue weighted by Gasteiger charge is 2.39. The Balaban J connectivity index is 2.11. The summed E-state index contributed by atoms with van der Waals surface area (Å²) in [6.07, 6.45) is 0. The van der Waals surface area contributed by atoms with Crippen molar-refractivity contribution in [2.24, 2.45) is 0 Å². The summed E-state index contributed by atoms with van der Waals surface area (Å²) >= 11 is 0. The molecule has 0 N–H and O–H groups in total. The van der Waals surface area contributed by atoms with Crippen LogP contribution in [-0.2, 0) is 13.7 Å². The topological polar surface area (TPSA) is 53.1 Å². The van der Waals surface area contributed by atoms with E-state index in [4.69, 9.17) is 3.63 Å².